The number of anilines is 1. The number of amides is 1. The molecule has 5 heteroatoms. The zero-order valence-electron chi connectivity index (χ0n) is 13.7. The number of rotatable bonds is 2. The second kappa shape index (κ2) is 6.07. The van der Waals surface area contributed by atoms with Crippen LogP contribution in [0.15, 0.2) is 42.5 Å². The first kappa shape index (κ1) is 14.9. The third-order valence-corrected chi connectivity index (χ3v) is 4.55. The van der Waals surface area contributed by atoms with Crippen LogP contribution in [0, 0.1) is 6.92 Å². The fraction of sp³-hybridized carbons (Fsp3) is 0.316. The fourth-order valence-electron chi connectivity index (χ4n) is 3.21. The summed E-state index contributed by atoms with van der Waals surface area (Å²) < 4.78 is 10.8. The van der Waals surface area contributed by atoms with Crippen LogP contribution < -0.4 is 14.4 Å². The molecule has 24 heavy (non-hydrogen) atoms. The Balaban J connectivity index is 1.42. The Morgan fingerprint density at radius 1 is 0.958 bits per heavy atom. The van der Waals surface area contributed by atoms with Gasteiger partial charge in [-0.05, 0) is 31.2 Å². The number of hydrogen-bond donors (Lipinski definition) is 0. The van der Waals surface area contributed by atoms with Gasteiger partial charge in [0.25, 0.3) is 5.91 Å². The molecule has 1 fully saturated rings. The first-order chi connectivity index (χ1) is 11.7. The highest BCUT2D eigenvalue weighted by molar-refractivity contribution is 5.94. The van der Waals surface area contributed by atoms with Gasteiger partial charge in [0.1, 0.15) is 0 Å². The smallest absolute Gasteiger partial charge is 0.253 e. The number of fused-ring (bicyclic) bond motifs is 1. The molecule has 2 aliphatic rings. The number of hydrogen-bond acceptors (Lipinski definition) is 4. The Bertz CT molecular complexity index is 767. The first-order valence-corrected chi connectivity index (χ1v) is 8.21. The van der Waals surface area contributed by atoms with Gasteiger partial charge in [0.05, 0.1) is 0 Å². The van der Waals surface area contributed by atoms with E-state index in [1.54, 1.807) is 0 Å². The second-order valence-electron chi connectivity index (χ2n) is 6.19. The van der Waals surface area contributed by atoms with E-state index in [1.165, 1.54) is 0 Å². The van der Waals surface area contributed by atoms with Crippen LogP contribution in [-0.2, 0) is 0 Å². The van der Waals surface area contributed by atoms with E-state index in [9.17, 15) is 4.79 Å². The van der Waals surface area contributed by atoms with Gasteiger partial charge in [-0.1, -0.05) is 17.7 Å². The van der Waals surface area contributed by atoms with Crippen molar-refractivity contribution in [2.45, 2.75) is 6.92 Å². The molecule has 0 radical (unpaired) electrons. The van der Waals surface area contributed by atoms with Gasteiger partial charge in [-0.2, -0.15) is 0 Å². The molecular formula is C19H20N2O3. The average Bonchev–Trinajstić information content (AvgIpc) is 3.09. The highest BCUT2D eigenvalue weighted by atomic mass is 16.7. The molecule has 2 aliphatic heterocycles. The summed E-state index contributed by atoms with van der Waals surface area (Å²) in [5.41, 5.74) is 2.99. The molecule has 4 rings (SSSR count). The summed E-state index contributed by atoms with van der Waals surface area (Å²) in [6.07, 6.45) is 0. The van der Waals surface area contributed by atoms with Crippen molar-refractivity contribution >= 4 is 11.6 Å². The normalized spacial score (nSPS) is 16.4. The molecule has 0 atom stereocenters. The molecule has 0 aromatic heterocycles. The zero-order chi connectivity index (χ0) is 16.5. The molecule has 2 aromatic carbocycles. The summed E-state index contributed by atoms with van der Waals surface area (Å²) in [4.78, 5) is 16.8. The number of piperazine rings is 1. The van der Waals surface area contributed by atoms with Crippen LogP contribution in [0.2, 0.25) is 0 Å². The third-order valence-electron chi connectivity index (χ3n) is 4.55. The van der Waals surface area contributed by atoms with Crippen molar-refractivity contribution < 1.29 is 14.3 Å². The lowest BCUT2D eigenvalue weighted by Gasteiger charge is -2.36. The predicted octanol–water partition coefficient (Wildman–Crippen LogP) is 2.69. The number of carbonyl (C=O) groups is 1. The van der Waals surface area contributed by atoms with Crippen molar-refractivity contribution in [2.75, 3.05) is 37.9 Å². The first-order valence-electron chi connectivity index (χ1n) is 8.21. The largest absolute Gasteiger partial charge is 0.454 e. The summed E-state index contributed by atoms with van der Waals surface area (Å²) in [5.74, 6) is 1.71. The van der Waals surface area contributed by atoms with Gasteiger partial charge in [-0.25, -0.2) is 0 Å². The van der Waals surface area contributed by atoms with Gasteiger partial charge in [-0.15, -0.1) is 0 Å². The van der Waals surface area contributed by atoms with Gasteiger partial charge < -0.3 is 19.3 Å². The Kier molecular flexibility index (Phi) is 3.76. The van der Waals surface area contributed by atoms with E-state index in [1.807, 2.05) is 54.3 Å². The average molecular weight is 324 g/mol. The summed E-state index contributed by atoms with van der Waals surface area (Å²) in [6, 6.07) is 13.8. The number of carbonyl (C=O) groups excluding carboxylic acids is 1. The maximum absolute atomic E-state index is 12.6. The standard InChI is InChI=1S/C19H20N2O3/c1-14-3-2-4-15(11-14)19(22)21-9-7-20(8-10-21)16-5-6-17-18(12-16)24-13-23-17/h2-6,11-12H,7-10,13H2,1H3. The quantitative estimate of drug-likeness (QED) is 0.852. The molecule has 1 saturated heterocycles. The Morgan fingerprint density at radius 3 is 2.54 bits per heavy atom. The summed E-state index contributed by atoms with van der Waals surface area (Å²) in [5, 5.41) is 0. The maximum Gasteiger partial charge on any atom is 0.253 e. The van der Waals surface area contributed by atoms with E-state index < -0.39 is 0 Å². The lowest BCUT2D eigenvalue weighted by Crippen LogP contribution is -2.48. The monoisotopic (exact) mass is 324 g/mol. The molecule has 2 heterocycles. The molecule has 0 unspecified atom stereocenters. The van der Waals surface area contributed by atoms with Crippen LogP contribution in [0.25, 0.3) is 0 Å². The van der Waals surface area contributed by atoms with Crippen molar-refractivity contribution in [3.05, 3.63) is 53.6 Å². The molecule has 0 saturated carbocycles. The van der Waals surface area contributed by atoms with Crippen LogP contribution >= 0.6 is 0 Å². The predicted molar refractivity (Wildman–Crippen MR) is 91.9 cm³/mol. The van der Waals surface area contributed by atoms with Crippen LogP contribution in [0.4, 0.5) is 5.69 Å². The number of nitrogens with zero attached hydrogens (tertiary/aromatic N) is 2. The number of benzene rings is 2. The van der Waals surface area contributed by atoms with Crippen LogP contribution in [0.1, 0.15) is 15.9 Å². The van der Waals surface area contributed by atoms with Gasteiger partial charge in [-0.3, -0.25) is 4.79 Å². The molecule has 0 N–H and O–H groups in total. The zero-order valence-corrected chi connectivity index (χ0v) is 13.7. The topological polar surface area (TPSA) is 42.0 Å². The highest BCUT2D eigenvalue weighted by Gasteiger charge is 2.23. The lowest BCUT2D eigenvalue weighted by molar-refractivity contribution is 0.0746. The van der Waals surface area contributed by atoms with E-state index in [0.717, 1.165) is 54.5 Å². The van der Waals surface area contributed by atoms with E-state index in [2.05, 4.69) is 4.90 Å². The van der Waals surface area contributed by atoms with Crippen LogP contribution in [0.5, 0.6) is 11.5 Å². The van der Waals surface area contributed by atoms with E-state index >= 15 is 0 Å². The van der Waals surface area contributed by atoms with E-state index in [0.29, 0.717) is 0 Å². The molecule has 2 aromatic rings. The van der Waals surface area contributed by atoms with Gasteiger partial charge >= 0.3 is 0 Å². The summed E-state index contributed by atoms with van der Waals surface area (Å²) in [7, 11) is 0. The molecule has 0 bridgehead atoms. The van der Waals surface area contributed by atoms with Crippen molar-refractivity contribution in [1.29, 1.82) is 0 Å². The SMILES string of the molecule is Cc1cccc(C(=O)N2CCN(c3ccc4c(c3)OCO4)CC2)c1. The molecule has 0 aliphatic carbocycles. The van der Waals surface area contributed by atoms with Crippen LogP contribution in [0.3, 0.4) is 0 Å². The molecule has 124 valence electrons. The van der Waals surface area contributed by atoms with Gasteiger partial charge in [0.2, 0.25) is 6.79 Å². The number of aryl methyl sites for hydroxylation is 1. The van der Waals surface area contributed by atoms with Gasteiger partial charge in [0.15, 0.2) is 11.5 Å². The second-order valence-corrected chi connectivity index (χ2v) is 6.19. The third kappa shape index (κ3) is 2.77. The van der Waals surface area contributed by atoms with Crippen molar-refractivity contribution in [1.82, 2.24) is 4.90 Å². The minimum atomic E-state index is 0.115. The van der Waals surface area contributed by atoms with Gasteiger partial charge in [0, 0.05) is 43.5 Å². The molecule has 1 amide bonds. The van der Waals surface area contributed by atoms with E-state index in [4.69, 9.17) is 9.47 Å². The van der Waals surface area contributed by atoms with E-state index in [-0.39, 0.29) is 12.7 Å². The Morgan fingerprint density at radius 2 is 1.75 bits per heavy atom. The molecule has 0 spiro atoms. The lowest BCUT2D eigenvalue weighted by atomic mass is 10.1. The van der Waals surface area contributed by atoms with Crippen LogP contribution in [-0.4, -0.2) is 43.8 Å². The summed E-state index contributed by atoms with van der Waals surface area (Å²) >= 11 is 0. The number of ether oxygens (including phenoxy) is 2. The maximum atomic E-state index is 12.6. The van der Waals surface area contributed by atoms with Crippen molar-refractivity contribution in [3.8, 4) is 11.5 Å². The highest BCUT2D eigenvalue weighted by Crippen LogP contribution is 2.35. The fourth-order valence-corrected chi connectivity index (χ4v) is 3.21. The Hall–Kier alpha value is -2.69. The minimum Gasteiger partial charge on any atom is -0.454 e. The van der Waals surface area contributed by atoms with Crippen molar-refractivity contribution in [2.24, 2.45) is 0 Å². The minimum absolute atomic E-state index is 0.115. The Labute approximate surface area is 141 Å². The molecule has 5 nitrogen and oxygen atoms in total. The molecular weight excluding hydrogens is 304 g/mol. The van der Waals surface area contributed by atoms with Crippen molar-refractivity contribution in [3.63, 3.8) is 0 Å². The summed E-state index contributed by atoms with van der Waals surface area (Å²) in [6.45, 7) is 5.38.